The zero-order valence-corrected chi connectivity index (χ0v) is 13.3. The molecular weight excluding hydrogens is 274 g/mol. The largest absolute Gasteiger partial charge is 0.383 e. The van der Waals surface area contributed by atoms with Gasteiger partial charge in [0.1, 0.15) is 0 Å². The first kappa shape index (κ1) is 15.8. The standard InChI is InChI=1S/C15H26ClN3O/c1-3-8-17-14-7-5-4-6-12(14)15-13(16)11-18-19(15)9-10-20-2/h11-12,14,17H,3-10H2,1-2H3. The SMILES string of the molecule is CCCNC1CCCCC1c1c(Cl)cnn1CCOC. The van der Waals surface area contributed by atoms with Crippen molar-refractivity contribution in [3.05, 3.63) is 16.9 Å². The summed E-state index contributed by atoms with van der Waals surface area (Å²) in [5.41, 5.74) is 1.19. The molecule has 1 saturated carbocycles. The first-order chi connectivity index (χ1) is 9.77. The summed E-state index contributed by atoms with van der Waals surface area (Å²) in [6.07, 6.45) is 7.95. The van der Waals surface area contributed by atoms with Gasteiger partial charge in [-0.05, 0) is 25.8 Å². The monoisotopic (exact) mass is 299 g/mol. The second-order valence-electron chi connectivity index (χ2n) is 5.55. The van der Waals surface area contributed by atoms with Crippen molar-refractivity contribution in [1.29, 1.82) is 0 Å². The van der Waals surface area contributed by atoms with Gasteiger partial charge in [-0.1, -0.05) is 31.4 Å². The van der Waals surface area contributed by atoms with Crippen molar-refractivity contribution >= 4 is 11.6 Å². The predicted octanol–water partition coefficient (Wildman–Crippen LogP) is 3.21. The molecule has 0 saturated heterocycles. The lowest BCUT2D eigenvalue weighted by atomic mass is 9.82. The number of halogens is 1. The van der Waals surface area contributed by atoms with Crippen LogP contribution in [-0.2, 0) is 11.3 Å². The Morgan fingerprint density at radius 3 is 3.00 bits per heavy atom. The molecular formula is C15H26ClN3O. The average molecular weight is 300 g/mol. The molecule has 1 aliphatic rings. The Labute approximate surface area is 126 Å². The normalized spacial score (nSPS) is 23.1. The lowest BCUT2D eigenvalue weighted by Gasteiger charge is -2.33. The zero-order chi connectivity index (χ0) is 14.4. The maximum absolute atomic E-state index is 6.40. The van der Waals surface area contributed by atoms with Crippen LogP contribution in [0, 0.1) is 0 Å². The van der Waals surface area contributed by atoms with Crippen LogP contribution in [-0.4, -0.2) is 36.1 Å². The van der Waals surface area contributed by atoms with E-state index in [1.807, 2.05) is 4.68 Å². The average Bonchev–Trinajstić information content (AvgIpc) is 2.84. The van der Waals surface area contributed by atoms with Crippen LogP contribution in [0.3, 0.4) is 0 Å². The van der Waals surface area contributed by atoms with E-state index in [9.17, 15) is 0 Å². The smallest absolute Gasteiger partial charge is 0.0821 e. The van der Waals surface area contributed by atoms with E-state index in [-0.39, 0.29) is 0 Å². The molecule has 1 heterocycles. The second-order valence-corrected chi connectivity index (χ2v) is 5.95. The van der Waals surface area contributed by atoms with Gasteiger partial charge in [-0.15, -0.1) is 0 Å². The summed E-state index contributed by atoms with van der Waals surface area (Å²) in [6.45, 7) is 4.73. The predicted molar refractivity (Wildman–Crippen MR) is 82.4 cm³/mol. The van der Waals surface area contributed by atoms with Gasteiger partial charge in [0, 0.05) is 19.1 Å². The van der Waals surface area contributed by atoms with Gasteiger partial charge in [0.05, 0.1) is 30.1 Å². The number of hydrogen-bond donors (Lipinski definition) is 1. The molecule has 1 N–H and O–H groups in total. The zero-order valence-electron chi connectivity index (χ0n) is 12.6. The molecule has 2 atom stereocenters. The van der Waals surface area contributed by atoms with Crippen molar-refractivity contribution in [2.75, 3.05) is 20.3 Å². The molecule has 1 aliphatic carbocycles. The fraction of sp³-hybridized carbons (Fsp3) is 0.800. The molecule has 1 aromatic heterocycles. The molecule has 0 aromatic carbocycles. The van der Waals surface area contributed by atoms with E-state index in [1.54, 1.807) is 13.3 Å². The number of hydrogen-bond acceptors (Lipinski definition) is 3. The molecule has 0 radical (unpaired) electrons. The third-order valence-electron chi connectivity index (χ3n) is 4.11. The Balaban J connectivity index is 2.15. The van der Waals surface area contributed by atoms with Gasteiger partial charge in [0.25, 0.3) is 0 Å². The third-order valence-corrected chi connectivity index (χ3v) is 4.41. The summed E-state index contributed by atoms with van der Waals surface area (Å²) in [7, 11) is 1.72. The van der Waals surface area contributed by atoms with Crippen LogP contribution in [0.5, 0.6) is 0 Å². The Morgan fingerprint density at radius 1 is 1.45 bits per heavy atom. The number of ether oxygens (including phenoxy) is 1. The van der Waals surface area contributed by atoms with E-state index in [0.717, 1.165) is 18.1 Å². The van der Waals surface area contributed by atoms with E-state index < -0.39 is 0 Å². The minimum absolute atomic E-state index is 0.474. The Morgan fingerprint density at radius 2 is 2.25 bits per heavy atom. The Bertz CT molecular complexity index is 408. The van der Waals surface area contributed by atoms with Crippen LogP contribution in [0.25, 0.3) is 0 Å². The van der Waals surface area contributed by atoms with E-state index in [2.05, 4.69) is 17.3 Å². The number of methoxy groups -OCH3 is 1. The summed E-state index contributed by atoms with van der Waals surface area (Å²) >= 11 is 6.40. The van der Waals surface area contributed by atoms with Crippen LogP contribution in [0.2, 0.25) is 5.02 Å². The third kappa shape index (κ3) is 3.74. The summed E-state index contributed by atoms with van der Waals surface area (Å²) < 4.78 is 7.20. The molecule has 5 heteroatoms. The van der Waals surface area contributed by atoms with Gasteiger partial charge in [-0.3, -0.25) is 4.68 Å². The van der Waals surface area contributed by atoms with Crippen LogP contribution in [0.15, 0.2) is 6.20 Å². The van der Waals surface area contributed by atoms with E-state index in [1.165, 1.54) is 37.8 Å². The summed E-state index contributed by atoms with van der Waals surface area (Å²) in [5.74, 6) is 0.474. The molecule has 0 aliphatic heterocycles. The second kappa shape index (κ2) is 8.01. The molecule has 0 spiro atoms. The number of aromatic nitrogens is 2. The minimum atomic E-state index is 0.474. The van der Waals surface area contributed by atoms with Gasteiger partial charge < -0.3 is 10.1 Å². The molecule has 1 fully saturated rings. The first-order valence-electron chi connectivity index (χ1n) is 7.71. The highest BCUT2D eigenvalue weighted by Crippen LogP contribution is 2.36. The highest BCUT2D eigenvalue weighted by atomic mass is 35.5. The Hall–Kier alpha value is -0.580. The van der Waals surface area contributed by atoms with Crippen LogP contribution >= 0.6 is 11.6 Å². The maximum atomic E-state index is 6.40. The van der Waals surface area contributed by atoms with Crippen LogP contribution < -0.4 is 5.32 Å². The number of nitrogens with zero attached hydrogens (tertiary/aromatic N) is 2. The summed E-state index contributed by atoms with van der Waals surface area (Å²) in [6, 6.07) is 0.527. The van der Waals surface area contributed by atoms with Gasteiger partial charge in [0.2, 0.25) is 0 Å². The highest BCUT2D eigenvalue weighted by molar-refractivity contribution is 6.31. The summed E-state index contributed by atoms with van der Waals surface area (Å²) in [4.78, 5) is 0. The maximum Gasteiger partial charge on any atom is 0.0821 e. The highest BCUT2D eigenvalue weighted by Gasteiger charge is 2.30. The van der Waals surface area contributed by atoms with E-state index in [0.29, 0.717) is 18.6 Å². The number of rotatable bonds is 7. The van der Waals surface area contributed by atoms with E-state index >= 15 is 0 Å². The minimum Gasteiger partial charge on any atom is -0.383 e. The van der Waals surface area contributed by atoms with Crippen molar-refractivity contribution in [1.82, 2.24) is 15.1 Å². The fourth-order valence-electron chi connectivity index (χ4n) is 3.13. The van der Waals surface area contributed by atoms with Crippen molar-refractivity contribution < 1.29 is 4.74 Å². The Kier molecular flexibility index (Phi) is 6.33. The van der Waals surface area contributed by atoms with Gasteiger partial charge >= 0.3 is 0 Å². The van der Waals surface area contributed by atoms with Crippen molar-refractivity contribution in [2.24, 2.45) is 0 Å². The fourth-order valence-corrected chi connectivity index (χ4v) is 3.41. The molecule has 114 valence electrons. The lowest BCUT2D eigenvalue weighted by Crippen LogP contribution is -2.38. The van der Waals surface area contributed by atoms with Gasteiger partial charge in [-0.2, -0.15) is 5.10 Å². The van der Waals surface area contributed by atoms with Gasteiger partial charge in [0.15, 0.2) is 0 Å². The van der Waals surface area contributed by atoms with Crippen LogP contribution in [0.4, 0.5) is 0 Å². The topological polar surface area (TPSA) is 39.1 Å². The molecule has 0 bridgehead atoms. The molecule has 20 heavy (non-hydrogen) atoms. The van der Waals surface area contributed by atoms with E-state index in [4.69, 9.17) is 16.3 Å². The quantitative estimate of drug-likeness (QED) is 0.840. The van der Waals surface area contributed by atoms with Gasteiger partial charge in [-0.25, -0.2) is 0 Å². The molecule has 1 aromatic rings. The van der Waals surface area contributed by atoms with Crippen molar-refractivity contribution in [3.63, 3.8) is 0 Å². The van der Waals surface area contributed by atoms with Crippen LogP contribution in [0.1, 0.15) is 50.6 Å². The molecule has 4 nitrogen and oxygen atoms in total. The number of nitrogens with one attached hydrogen (secondary N) is 1. The first-order valence-corrected chi connectivity index (χ1v) is 8.09. The van der Waals surface area contributed by atoms with Crippen molar-refractivity contribution in [2.45, 2.75) is 57.5 Å². The molecule has 2 rings (SSSR count). The summed E-state index contributed by atoms with van der Waals surface area (Å²) in [5, 5.41) is 8.91. The molecule has 0 amide bonds. The lowest BCUT2D eigenvalue weighted by molar-refractivity contribution is 0.180. The molecule has 2 unspecified atom stereocenters. The van der Waals surface area contributed by atoms with Crippen molar-refractivity contribution in [3.8, 4) is 0 Å².